The van der Waals surface area contributed by atoms with Crippen LogP contribution < -0.4 is 9.64 Å². The van der Waals surface area contributed by atoms with Crippen LogP contribution in [0, 0.1) is 5.82 Å². The van der Waals surface area contributed by atoms with Gasteiger partial charge in [-0.2, -0.15) is 0 Å². The maximum absolute atomic E-state index is 13.5. The van der Waals surface area contributed by atoms with Crippen molar-refractivity contribution in [3.05, 3.63) is 72.0 Å². The molecule has 0 fully saturated rings. The van der Waals surface area contributed by atoms with Crippen molar-refractivity contribution < 1.29 is 13.9 Å². The van der Waals surface area contributed by atoms with Crippen LogP contribution in [0.4, 0.5) is 10.1 Å². The largest absolute Gasteiger partial charge is 0.496 e. The highest BCUT2D eigenvalue weighted by molar-refractivity contribution is 6.08. The molecule has 0 N–H and O–H groups in total. The van der Waals surface area contributed by atoms with Crippen LogP contribution in [0.5, 0.6) is 5.75 Å². The van der Waals surface area contributed by atoms with Crippen molar-refractivity contribution in [1.29, 1.82) is 0 Å². The van der Waals surface area contributed by atoms with Gasteiger partial charge in [-0.3, -0.25) is 4.79 Å². The van der Waals surface area contributed by atoms with E-state index in [1.165, 1.54) is 30.2 Å². The number of benzene rings is 3. The molecule has 0 heterocycles. The van der Waals surface area contributed by atoms with E-state index < -0.39 is 5.82 Å². The third kappa shape index (κ3) is 2.88. The molecule has 0 spiro atoms. The lowest BCUT2D eigenvalue weighted by Crippen LogP contribution is -2.26. The summed E-state index contributed by atoms with van der Waals surface area (Å²) >= 11 is 0. The number of rotatable bonds is 3. The smallest absolute Gasteiger partial charge is 0.261 e. The quantitative estimate of drug-likeness (QED) is 0.723. The molecular formula is C19H16FNO2. The Morgan fingerprint density at radius 2 is 1.74 bits per heavy atom. The molecule has 3 aromatic carbocycles. The summed E-state index contributed by atoms with van der Waals surface area (Å²) in [6.07, 6.45) is 0. The maximum atomic E-state index is 13.5. The number of amides is 1. The van der Waals surface area contributed by atoms with Gasteiger partial charge in [0.15, 0.2) is 0 Å². The highest BCUT2D eigenvalue weighted by Crippen LogP contribution is 2.26. The van der Waals surface area contributed by atoms with E-state index in [2.05, 4.69) is 0 Å². The molecule has 0 aliphatic rings. The average molecular weight is 309 g/mol. The van der Waals surface area contributed by atoms with Crippen molar-refractivity contribution in [1.82, 2.24) is 0 Å². The fraction of sp³-hybridized carbons (Fsp3) is 0.105. The predicted molar refractivity (Wildman–Crippen MR) is 89.6 cm³/mol. The topological polar surface area (TPSA) is 29.5 Å². The van der Waals surface area contributed by atoms with Crippen LogP contribution in [0.25, 0.3) is 10.8 Å². The molecule has 0 unspecified atom stereocenters. The third-order valence-electron chi connectivity index (χ3n) is 3.82. The SMILES string of the molecule is COc1ccc(F)cc1C(=O)N(C)c1ccc2ccccc2c1. The first-order valence-electron chi connectivity index (χ1n) is 7.20. The van der Waals surface area contributed by atoms with Crippen molar-refractivity contribution in [3.8, 4) is 5.75 Å². The Kier molecular flexibility index (Phi) is 3.98. The number of nitrogens with zero attached hydrogens (tertiary/aromatic N) is 1. The number of carbonyl (C=O) groups excluding carboxylic acids is 1. The number of anilines is 1. The van der Waals surface area contributed by atoms with Crippen molar-refractivity contribution in [2.45, 2.75) is 0 Å². The van der Waals surface area contributed by atoms with E-state index in [1.807, 2.05) is 42.5 Å². The van der Waals surface area contributed by atoms with E-state index in [0.717, 1.165) is 16.5 Å². The van der Waals surface area contributed by atoms with Crippen LogP contribution in [0.15, 0.2) is 60.7 Å². The highest BCUT2D eigenvalue weighted by Gasteiger charge is 2.19. The van der Waals surface area contributed by atoms with Gasteiger partial charge in [-0.05, 0) is 41.1 Å². The molecule has 116 valence electrons. The number of hydrogen-bond donors (Lipinski definition) is 0. The van der Waals surface area contributed by atoms with Gasteiger partial charge in [0, 0.05) is 12.7 Å². The molecule has 3 rings (SSSR count). The van der Waals surface area contributed by atoms with Crippen molar-refractivity contribution >= 4 is 22.4 Å². The van der Waals surface area contributed by atoms with Crippen LogP contribution in [0.3, 0.4) is 0 Å². The maximum Gasteiger partial charge on any atom is 0.261 e. The summed E-state index contributed by atoms with van der Waals surface area (Å²) in [5, 5.41) is 2.14. The molecule has 1 amide bonds. The lowest BCUT2D eigenvalue weighted by molar-refractivity contribution is 0.0989. The molecule has 3 nitrogen and oxygen atoms in total. The zero-order valence-corrected chi connectivity index (χ0v) is 12.9. The Balaban J connectivity index is 1.99. The van der Waals surface area contributed by atoms with Crippen LogP contribution >= 0.6 is 0 Å². The molecule has 0 saturated carbocycles. The van der Waals surface area contributed by atoms with E-state index in [-0.39, 0.29) is 11.5 Å². The lowest BCUT2D eigenvalue weighted by Gasteiger charge is -2.19. The van der Waals surface area contributed by atoms with Crippen LogP contribution in [-0.2, 0) is 0 Å². The molecule has 23 heavy (non-hydrogen) atoms. The summed E-state index contributed by atoms with van der Waals surface area (Å²) in [5.41, 5.74) is 0.933. The summed E-state index contributed by atoms with van der Waals surface area (Å²) in [6.45, 7) is 0. The third-order valence-corrected chi connectivity index (χ3v) is 3.82. The number of fused-ring (bicyclic) bond motifs is 1. The molecular weight excluding hydrogens is 293 g/mol. The second-order valence-corrected chi connectivity index (χ2v) is 5.24. The molecule has 4 heteroatoms. The fourth-order valence-electron chi connectivity index (χ4n) is 2.53. The van der Waals surface area contributed by atoms with Gasteiger partial charge in [0.25, 0.3) is 5.91 Å². The second-order valence-electron chi connectivity index (χ2n) is 5.24. The minimum Gasteiger partial charge on any atom is -0.496 e. The van der Waals surface area contributed by atoms with Gasteiger partial charge in [-0.25, -0.2) is 4.39 Å². The van der Waals surface area contributed by atoms with Crippen molar-refractivity contribution in [2.75, 3.05) is 19.1 Å². The molecule has 0 aliphatic carbocycles. The summed E-state index contributed by atoms with van der Waals surface area (Å²) in [5.74, 6) is -0.443. The van der Waals surface area contributed by atoms with Gasteiger partial charge < -0.3 is 9.64 Å². The molecule has 0 bridgehead atoms. The zero-order valence-electron chi connectivity index (χ0n) is 12.9. The number of methoxy groups -OCH3 is 1. The summed E-state index contributed by atoms with van der Waals surface area (Å²) in [7, 11) is 3.12. The molecule has 3 aromatic rings. The summed E-state index contributed by atoms with van der Waals surface area (Å²) in [4.78, 5) is 14.2. The zero-order chi connectivity index (χ0) is 16.4. The number of ether oxygens (including phenoxy) is 1. The lowest BCUT2D eigenvalue weighted by atomic mass is 10.1. The molecule has 0 radical (unpaired) electrons. The minimum absolute atomic E-state index is 0.197. The van der Waals surface area contributed by atoms with E-state index in [4.69, 9.17) is 4.74 Å². The van der Waals surface area contributed by atoms with Crippen molar-refractivity contribution in [2.24, 2.45) is 0 Å². The molecule has 0 saturated heterocycles. The normalized spacial score (nSPS) is 10.6. The number of halogens is 1. The Labute approximate surface area is 133 Å². The molecule has 0 aromatic heterocycles. The monoisotopic (exact) mass is 309 g/mol. The fourth-order valence-corrected chi connectivity index (χ4v) is 2.53. The van der Waals surface area contributed by atoms with Gasteiger partial charge in [0.1, 0.15) is 11.6 Å². The first-order valence-corrected chi connectivity index (χ1v) is 7.20. The van der Waals surface area contributed by atoms with E-state index in [0.29, 0.717) is 5.75 Å². The van der Waals surface area contributed by atoms with Gasteiger partial charge in [0.2, 0.25) is 0 Å². The van der Waals surface area contributed by atoms with Crippen molar-refractivity contribution in [3.63, 3.8) is 0 Å². The first-order chi connectivity index (χ1) is 11.1. The standard InChI is InChI=1S/C19H16FNO2/c1-21(16-9-7-13-5-3-4-6-14(13)11-16)19(22)17-12-15(20)8-10-18(17)23-2/h3-12H,1-2H3. The predicted octanol–water partition coefficient (Wildman–Crippen LogP) is 4.26. The molecule has 0 atom stereocenters. The van der Waals surface area contributed by atoms with E-state index >= 15 is 0 Å². The minimum atomic E-state index is -0.471. The van der Waals surface area contributed by atoms with E-state index in [9.17, 15) is 9.18 Å². The Morgan fingerprint density at radius 1 is 1.00 bits per heavy atom. The first kappa shape index (κ1) is 15.0. The van der Waals surface area contributed by atoms with Gasteiger partial charge in [0.05, 0.1) is 12.7 Å². The van der Waals surface area contributed by atoms with Gasteiger partial charge >= 0.3 is 0 Å². The Bertz CT molecular complexity index is 876. The second kappa shape index (κ2) is 6.08. The summed E-state index contributed by atoms with van der Waals surface area (Å²) < 4.78 is 18.7. The number of carbonyl (C=O) groups is 1. The molecule has 0 aliphatic heterocycles. The number of hydrogen-bond acceptors (Lipinski definition) is 2. The van der Waals surface area contributed by atoms with E-state index in [1.54, 1.807) is 7.05 Å². The Morgan fingerprint density at radius 3 is 2.48 bits per heavy atom. The average Bonchev–Trinajstić information content (AvgIpc) is 2.60. The van der Waals surface area contributed by atoms with Crippen LogP contribution in [-0.4, -0.2) is 20.1 Å². The highest BCUT2D eigenvalue weighted by atomic mass is 19.1. The Hall–Kier alpha value is -2.88. The van der Waals surface area contributed by atoms with Gasteiger partial charge in [-0.15, -0.1) is 0 Å². The summed E-state index contributed by atoms with van der Waals surface area (Å²) in [6, 6.07) is 17.6. The van der Waals surface area contributed by atoms with Gasteiger partial charge in [-0.1, -0.05) is 30.3 Å². The van der Waals surface area contributed by atoms with Crippen LogP contribution in [0.1, 0.15) is 10.4 Å². The van der Waals surface area contributed by atoms with Crippen LogP contribution in [0.2, 0.25) is 0 Å².